The van der Waals surface area contributed by atoms with E-state index in [-0.39, 0.29) is 0 Å². The summed E-state index contributed by atoms with van der Waals surface area (Å²) in [6, 6.07) is 47.8. The van der Waals surface area contributed by atoms with Crippen molar-refractivity contribution in [1.29, 1.82) is 0 Å². The Morgan fingerprint density at radius 3 is 1.76 bits per heavy atom. The molecule has 0 amide bonds. The topological polar surface area (TPSA) is 56.7 Å². The lowest BCUT2D eigenvalue weighted by atomic mass is 10.0. The minimum Gasteiger partial charge on any atom is -0.453 e. The predicted octanol–water partition coefficient (Wildman–Crippen LogP) is 10.2. The second-order valence-electron chi connectivity index (χ2n) is 11.3. The fourth-order valence-corrected chi connectivity index (χ4v) is 6.50. The zero-order chi connectivity index (χ0) is 29.9. The summed E-state index contributed by atoms with van der Waals surface area (Å²) < 4.78 is 9.31. The van der Waals surface area contributed by atoms with Crippen LogP contribution in [0.3, 0.4) is 0 Å². The van der Waals surface area contributed by atoms with Gasteiger partial charge in [-0.1, -0.05) is 109 Å². The predicted molar refractivity (Wildman–Crippen MR) is 182 cm³/mol. The SMILES string of the molecule is Cc1ccc(-c2nc(-c3ccccc3)nc(-c3ccccc3)n2)c2oc3c(ccc4c5ccccc5n(-c5ccccc5)c43)c12. The Kier molecular flexibility index (Phi) is 5.65. The van der Waals surface area contributed by atoms with E-state index in [4.69, 9.17) is 19.4 Å². The number of para-hydroxylation sites is 2. The zero-order valence-electron chi connectivity index (χ0n) is 24.5. The summed E-state index contributed by atoms with van der Waals surface area (Å²) in [6.07, 6.45) is 0. The molecule has 0 fully saturated rings. The summed E-state index contributed by atoms with van der Waals surface area (Å²) >= 11 is 0. The Balaban J connectivity index is 1.37. The first kappa shape index (κ1) is 25.4. The third-order valence-corrected chi connectivity index (χ3v) is 8.58. The molecular formula is C40H26N4O. The molecule has 0 bridgehead atoms. The van der Waals surface area contributed by atoms with Crippen LogP contribution >= 0.6 is 0 Å². The fourth-order valence-electron chi connectivity index (χ4n) is 6.50. The normalized spacial score (nSPS) is 11.7. The monoisotopic (exact) mass is 578 g/mol. The molecule has 212 valence electrons. The minimum absolute atomic E-state index is 0.576. The number of hydrogen-bond acceptors (Lipinski definition) is 4. The van der Waals surface area contributed by atoms with Gasteiger partial charge in [-0.25, -0.2) is 15.0 Å². The van der Waals surface area contributed by atoms with Crippen molar-refractivity contribution in [2.45, 2.75) is 6.92 Å². The van der Waals surface area contributed by atoms with E-state index in [9.17, 15) is 0 Å². The summed E-state index contributed by atoms with van der Waals surface area (Å²) in [7, 11) is 0. The van der Waals surface area contributed by atoms with Crippen molar-refractivity contribution in [3.05, 3.63) is 145 Å². The number of aryl methyl sites for hydroxylation is 1. The largest absolute Gasteiger partial charge is 0.453 e. The molecule has 6 aromatic carbocycles. The number of hydrogen-bond donors (Lipinski definition) is 0. The fraction of sp³-hybridized carbons (Fsp3) is 0.0250. The second-order valence-corrected chi connectivity index (χ2v) is 11.3. The van der Waals surface area contributed by atoms with E-state index in [2.05, 4.69) is 84.3 Å². The summed E-state index contributed by atoms with van der Waals surface area (Å²) in [5, 5.41) is 4.47. The lowest BCUT2D eigenvalue weighted by Crippen LogP contribution is -2.00. The van der Waals surface area contributed by atoms with Crippen molar-refractivity contribution in [2.24, 2.45) is 0 Å². The maximum absolute atomic E-state index is 6.99. The first-order valence-corrected chi connectivity index (χ1v) is 15.1. The molecule has 0 spiro atoms. The Bertz CT molecular complexity index is 2470. The Labute approximate surface area is 259 Å². The van der Waals surface area contributed by atoms with Crippen LogP contribution in [0.2, 0.25) is 0 Å². The van der Waals surface area contributed by atoms with Crippen molar-refractivity contribution < 1.29 is 4.42 Å². The average Bonchev–Trinajstić information content (AvgIpc) is 3.67. The number of fused-ring (bicyclic) bond motifs is 7. The highest BCUT2D eigenvalue weighted by Gasteiger charge is 2.23. The van der Waals surface area contributed by atoms with Crippen LogP contribution in [0.25, 0.3) is 83.6 Å². The molecule has 0 atom stereocenters. The van der Waals surface area contributed by atoms with Crippen LogP contribution < -0.4 is 0 Å². The van der Waals surface area contributed by atoms with Crippen LogP contribution in [0.1, 0.15) is 5.56 Å². The molecule has 0 radical (unpaired) electrons. The molecule has 0 saturated carbocycles. The van der Waals surface area contributed by atoms with E-state index in [0.717, 1.165) is 66.3 Å². The molecule has 5 nitrogen and oxygen atoms in total. The highest BCUT2D eigenvalue weighted by Crippen LogP contribution is 2.43. The van der Waals surface area contributed by atoms with Gasteiger partial charge in [-0.3, -0.25) is 0 Å². The van der Waals surface area contributed by atoms with Crippen LogP contribution in [0.15, 0.2) is 144 Å². The quantitative estimate of drug-likeness (QED) is 0.208. The second kappa shape index (κ2) is 10.00. The van der Waals surface area contributed by atoms with Gasteiger partial charge in [0.2, 0.25) is 0 Å². The van der Waals surface area contributed by atoms with E-state index < -0.39 is 0 Å². The van der Waals surface area contributed by atoms with Crippen molar-refractivity contribution >= 4 is 43.7 Å². The summed E-state index contributed by atoms with van der Waals surface area (Å²) in [5.74, 6) is 1.82. The van der Waals surface area contributed by atoms with Gasteiger partial charge in [-0.2, -0.15) is 0 Å². The van der Waals surface area contributed by atoms with E-state index in [1.807, 2.05) is 66.7 Å². The molecule has 5 heteroatoms. The van der Waals surface area contributed by atoms with Crippen LogP contribution in [-0.4, -0.2) is 19.5 Å². The Hall–Kier alpha value is -6.07. The number of rotatable bonds is 4. The lowest BCUT2D eigenvalue weighted by molar-refractivity contribution is 0.671. The number of benzene rings is 6. The van der Waals surface area contributed by atoms with Crippen molar-refractivity contribution in [3.8, 4) is 39.9 Å². The summed E-state index contributed by atoms with van der Waals surface area (Å²) in [5.41, 5.74) is 8.72. The number of nitrogens with zero attached hydrogens (tertiary/aromatic N) is 4. The Morgan fingerprint density at radius 2 is 1.07 bits per heavy atom. The first-order chi connectivity index (χ1) is 22.2. The van der Waals surface area contributed by atoms with Crippen LogP contribution in [-0.2, 0) is 0 Å². The number of aromatic nitrogens is 4. The standard InChI is InChI=1S/C40H26N4O/c1-25-21-22-32(40-42-38(26-13-5-2-6-14-26)41-39(43-40)27-15-7-3-8-16-27)36-34(25)31-24-23-30-29-19-11-12-20-33(29)44(35(30)37(31)45-36)28-17-9-4-10-18-28/h2-24H,1H3. The molecule has 0 aliphatic heterocycles. The molecule has 9 rings (SSSR count). The minimum atomic E-state index is 0.576. The van der Waals surface area contributed by atoms with Crippen molar-refractivity contribution in [3.63, 3.8) is 0 Å². The van der Waals surface area contributed by atoms with E-state index >= 15 is 0 Å². The van der Waals surface area contributed by atoms with Crippen LogP contribution in [0.4, 0.5) is 0 Å². The first-order valence-electron chi connectivity index (χ1n) is 15.1. The van der Waals surface area contributed by atoms with Gasteiger partial charge in [-0.15, -0.1) is 0 Å². The van der Waals surface area contributed by atoms with E-state index in [1.54, 1.807) is 0 Å². The van der Waals surface area contributed by atoms with Crippen LogP contribution in [0.5, 0.6) is 0 Å². The van der Waals surface area contributed by atoms with Gasteiger partial charge in [0.25, 0.3) is 0 Å². The summed E-state index contributed by atoms with van der Waals surface area (Å²) in [6.45, 7) is 2.14. The van der Waals surface area contributed by atoms with Gasteiger partial charge in [0.15, 0.2) is 23.1 Å². The molecule has 0 saturated heterocycles. The zero-order valence-corrected chi connectivity index (χ0v) is 24.5. The van der Waals surface area contributed by atoms with Gasteiger partial charge in [0, 0.05) is 38.4 Å². The van der Waals surface area contributed by atoms with Crippen molar-refractivity contribution in [1.82, 2.24) is 19.5 Å². The molecule has 0 N–H and O–H groups in total. The van der Waals surface area contributed by atoms with Gasteiger partial charge in [-0.05, 0) is 42.8 Å². The highest BCUT2D eigenvalue weighted by molar-refractivity contribution is 6.23. The lowest BCUT2D eigenvalue weighted by Gasteiger charge is -2.09. The van der Waals surface area contributed by atoms with Crippen LogP contribution in [0, 0.1) is 6.92 Å². The molecular weight excluding hydrogens is 552 g/mol. The van der Waals surface area contributed by atoms with Gasteiger partial charge in [0.05, 0.1) is 16.6 Å². The van der Waals surface area contributed by atoms with Crippen molar-refractivity contribution in [2.75, 3.05) is 0 Å². The smallest absolute Gasteiger partial charge is 0.167 e. The molecule has 3 heterocycles. The van der Waals surface area contributed by atoms with Gasteiger partial charge in [0.1, 0.15) is 5.58 Å². The maximum Gasteiger partial charge on any atom is 0.167 e. The molecule has 3 aromatic heterocycles. The van der Waals surface area contributed by atoms with E-state index in [1.165, 1.54) is 5.39 Å². The summed E-state index contributed by atoms with van der Waals surface area (Å²) in [4.78, 5) is 14.9. The molecule has 0 aliphatic rings. The van der Waals surface area contributed by atoms with Gasteiger partial charge < -0.3 is 8.98 Å². The average molecular weight is 579 g/mol. The van der Waals surface area contributed by atoms with Gasteiger partial charge >= 0.3 is 0 Å². The van der Waals surface area contributed by atoms with E-state index in [0.29, 0.717) is 17.5 Å². The Morgan fingerprint density at radius 1 is 0.489 bits per heavy atom. The maximum atomic E-state index is 6.99. The third kappa shape index (κ3) is 3.98. The molecule has 0 aliphatic carbocycles. The molecule has 0 unspecified atom stereocenters. The third-order valence-electron chi connectivity index (χ3n) is 8.58. The number of furan rings is 1. The highest BCUT2D eigenvalue weighted by atomic mass is 16.3. The molecule has 45 heavy (non-hydrogen) atoms. The molecule has 9 aromatic rings.